The number of aryl methyl sites for hydroxylation is 1. The normalized spacial score (nSPS) is 15.1. The molecular formula is C25H27FN4O2S. The Bertz CT molecular complexity index is 1190. The zero-order chi connectivity index (χ0) is 23.4. The van der Waals surface area contributed by atoms with Gasteiger partial charge in [-0.2, -0.15) is 4.99 Å². The van der Waals surface area contributed by atoms with Crippen molar-refractivity contribution < 1.29 is 14.0 Å². The zero-order valence-corrected chi connectivity index (χ0v) is 19.6. The van der Waals surface area contributed by atoms with E-state index in [1.165, 1.54) is 35.6 Å². The van der Waals surface area contributed by atoms with Crippen LogP contribution in [0.1, 0.15) is 38.9 Å². The molecule has 0 radical (unpaired) electrons. The first-order valence-corrected chi connectivity index (χ1v) is 11.9. The molecule has 1 fully saturated rings. The van der Waals surface area contributed by atoms with Crippen molar-refractivity contribution in [2.45, 2.75) is 20.4 Å². The van der Waals surface area contributed by atoms with Gasteiger partial charge in [-0.3, -0.25) is 9.59 Å². The average molecular weight is 467 g/mol. The highest BCUT2D eigenvalue weighted by Gasteiger charge is 2.21. The number of halogens is 1. The number of benzene rings is 2. The van der Waals surface area contributed by atoms with Crippen molar-refractivity contribution in [2.24, 2.45) is 4.99 Å². The molecule has 33 heavy (non-hydrogen) atoms. The van der Waals surface area contributed by atoms with E-state index in [1.54, 1.807) is 0 Å². The second-order valence-corrected chi connectivity index (χ2v) is 8.93. The van der Waals surface area contributed by atoms with Gasteiger partial charge in [0.05, 0.1) is 6.54 Å². The largest absolute Gasteiger partial charge is 0.336 e. The monoisotopic (exact) mass is 466 g/mol. The summed E-state index contributed by atoms with van der Waals surface area (Å²) in [6, 6.07) is 13.0. The number of hydrogen-bond acceptors (Lipinski definition) is 4. The zero-order valence-electron chi connectivity index (χ0n) is 18.8. The highest BCUT2D eigenvalue weighted by Crippen LogP contribution is 2.13. The Labute approximate surface area is 196 Å². The van der Waals surface area contributed by atoms with Crippen LogP contribution in [0.15, 0.2) is 58.9 Å². The minimum Gasteiger partial charge on any atom is -0.336 e. The Morgan fingerprint density at radius 3 is 2.24 bits per heavy atom. The topological polar surface area (TPSA) is 57.9 Å². The number of amides is 2. The lowest BCUT2D eigenvalue weighted by Crippen LogP contribution is -2.48. The predicted molar refractivity (Wildman–Crippen MR) is 127 cm³/mol. The van der Waals surface area contributed by atoms with Crippen LogP contribution in [0.2, 0.25) is 0 Å². The van der Waals surface area contributed by atoms with Crippen LogP contribution in [0.3, 0.4) is 0 Å². The predicted octanol–water partition coefficient (Wildman–Crippen LogP) is 3.56. The smallest absolute Gasteiger partial charge is 0.279 e. The molecule has 2 heterocycles. The third-order valence-electron chi connectivity index (χ3n) is 5.93. The third-order valence-corrected chi connectivity index (χ3v) is 6.91. The summed E-state index contributed by atoms with van der Waals surface area (Å²) in [7, 11) is 0. The minimum atomic E-state index is -0.408. The van der Waals surface area contributed by atoms with Gasteiger partial charge in [-0.15, -0.1) is 11.3 Å². The van der Waals surface area contributed by atoms with Crippen molar-refractivity contribution in [3.05, 3.63) is 86.9 Å². The van der Waals surface area contributed by atoms with Gasteiger partial charge in [0, 0.05) is 48.4 Å². The first kappa shape index (κ1) is 23.1. The molecule has 0 aliphatic carbocycles. The molecule has 2 aromatic carbocycles. The molecule has 6 nitrogen and oxygen atoms in total. The molecular weight excluding hydrogens is 439 g/mol. The van der Waals surface area contributed by atoms with E-state index >= 15 is 0 Å². The van der Waals surface area contributed by atoms with E-state index in [4.69, 9.17) is 0 Å². The molecule has 3 aromatic rings. The number of carbonyl (C=O) groups is 2. The van der Waals surface area contributed by atoms with E-state index in [9.17, 15) is 14.0 Å². The van der Waals surface area contributed by atoms with E-state index in [2.05, 4.69) is 16.8 Å². The molecule has 1 aromatic heterocycles. The van der Waals surface area contributed by atoms with Crippen molar-refractivity contribution in [1.29, 1.82) is 0 Å². The summed E-state index contributed by atoms with van der Waals surface area (Å²) in [5.41, 5.74) is 3.03. The van der Waals surface area contributed by atoms with Crippen molar-refractivity contribution >= 4 is 23.2 Å². The lowest BCUT2D eigenvalue weighted by atomic mass is 10.1. The van der Waals surface area contributed by atoms with E-state index in [0.717, 1.165) is 44.0 Å². The van der Waals surface area contributed by atoms with Crippen molar-refractivity contribution in [2.75, 3.05) is 32.7 Å². The van der Waals surface area contributed by atoms with Crippen LogP contribution in [0.5, 0.6) is 0 Å². The number of aromatic nitrogens is 1. The lowest BCUT2D eigenvalue weighted by Gasteiger charge is -2.34. The van der Waals surface area contributed by atoms with Gasteiger partial charge in [0.25, 0.3) is 11.8 Å². The second-order valence-electron chi connectivity index (χ2n) is 8.09. The molecule has 0 saturated carbocycles. The molecule has 172 valence electrons. The van der Waals surface area contributed by atoms with Crippen molar-refractivity contribution in [3.63, 3.8) is 0 Å². The maximum Gasteiger partial charge on any atom is 0.279 e. The van der Waals surface area contributed by atoms with Gasteiger partial charge in [0.15, 0.2) is 4.80 Å². The molecule has 2 amide bonds. The molecule has 0 unspecified atom stereocenters. The number of nitrogens with zero attached hydrogens (tertiary/aromatic N) is 4. The van der Waals surface area contributed by atoms with Crippen LogP contribution >= 0.6 is 11.3 Å². The fourth-order valence-electron chi connectivity index (χ4n) is 3.82. The maximum absolute atomic E-state index is 13.1. The Balaban J connectivity index is 1.48. The second kappa shape index (κ2) is 10.2. The van der Waals surface area contributed by atoms with E-state index < -0.39 is 11.7 Å². The molecule has 1 aliphatic rings. The van der Waals surface area contributed by atoms with E-state index in [0.29, 0.717) is 22.5 Å². The van der Waals surface area contributed by atoms with Crippen LogP contribution < -0.4 is 4.80 Å². The average Bonchev–Trinajstić information content (AvgIpc) is 3.18. The Hall–Kier alpha value is -3.10. The molecule has 4 rings (SSSR count). The molecule has 1 aliphatic heterocycles. The Morgan fingerprint density at radius 1 is 0.970 bits per heavy atom. The first-order chi connectivity index (χ1) is 15.9. The van der Waals surface area contributed by atoms with Crippen LogP contribution in [0.4, 0.5) is 4.39 Å². The van der Waals surface area contributed by atoms with Crippen LogP contribution in [-0.4, -0.2) is 58.9 Å². The highest BCUT2D eigenvalue weighted by molar-refractivity contribution is 7.07. The van der Waals surface area contributed by atoms with E-state index in [1.807, 2.05) is 46.0 Å². The van der Waals surface area contributed by atoms with Crippen molar-refractivity contribution in [1.82, 2.24) is 14.4 Å². The maximum atomic E-state index is 13.1. The quantitative estimate of drug-likeness (QED) is 0.578. The summed E-state index contributed by atoms with van der Waals surface area (Å²) in [5, 5.41) is 1.95. The number of rotatable bonds is 5. The third kappa shape index (κ3) is 5.46. The van der Waals surface area contributed by atoms with Gasteiger partial charge in [0.2, 0.25) is 0 Å². The first-order valence-electron chi connectivity index (χ1n) is 11.0. The molecule has 0 N–H and O–H groups in total. The molecule has 0 atom stereocenters. The summed E-state index contributed by atoms with van der Waals surface area (Å²) in [6.45, 7) is 8.99. The fraction of sp³-hybridized carbons (Fsp3) is 0.320. The summed E-state index contributed by atoms with van der Waals surface area (Å²) in [5.74, 6) is -0.731. The Morgan fingerprint density at radius 2 is 1.61 bits per heavy atom. The summed E-state index contributed by atoms with van der Waals surface area (Å²) < 4.78 is 15.1. The SMILES string of the molecule is CCN1CCN(C(=O)c2ccc(Cn3c(C)csc3=NC(=O)c3ccc(F)cc3)cc2)CC1. The number of likely N-dealkylation sites (N-methyl/N-ethyl adjacent to an activating group) is 1. The standard InChI is InChI=1S/C25H27FN4O2S/c1-3-28-12-14-29(15-13-28)24(32)21-6-4-19(5-7-21)16-30-18(2)17-33-25(30)27-23(31)20-8-10-22(26)11-9-20/h4-11,17H,3,12-16H2,1-2H3. The van der Waals surface area contributed by atoms with Crippen LogP contribution in [0, 0.1) is 12.7 Å². The van der Waals surface area contributed by atoms with Gasteiger partial charge in [-0.05, 0) is 55.4 Å². The van der Waals surface area contributed by atoms with Crippen LogP contribution in [0.25, 0.3) is 0 Å². The summed E-state index contributed by atoms with van der Waals surface area (Å²) in [4.78, 5) is 34.4. The summed E-state index contributed by atoms with van der Waals surface area (Å²) >= 11 is 1.39. The van der Waals surface area contributed by atoms with Crippen molar-refractivity contribution in [3.8, 4) is 0 Å². The number of hydrogen-bond donors (Lipinski definition) is 0. The van der Waals surface area contributed by atoms with Gasteiger partial charge in [0.1, 0.15) is 5.82 Å². The van der Waals surface area contributed by atoms with Crippen LogP contribution in [-0.2, 0) is 6.54 Å². The fourth-order valence-corrected chi connectivity index (χ4v) is 4.70. The molecule has 8 heteroatoms. The van der Waals surface area contributed by atoms with Gasteiger partial charge in [-0.1, -0.05) is 19.1 Å². The highest BCUT2D eigenvalue weighted by atomic mass is 32.1. The van der Waals surface area contributed by atoms with Gasteiger partial charge >= 0.3 is 0 Å². The Kier molecular flexibility index (Phi) is 7.15. The number of carbonyl (C=O) groups excluding carboxylic acids is 2. The van der Waals surface area contributed by atoms with Gasteiger partial charge in [-0.25, -0.2) is 4.39 Å². The van der Waals surface area contributed by atoms with Gasteiger partial charge < -0.3 is 14.4 Å². The number of piperazine rings is 1. The minimum absolute atomic E-state index is 0.0669. The lowest BCUT2D eigenvalue weighted by molar-refractivity contribution is 0.0643. The molecule has 0 bridgehead atoms. The summed E-state index contributed by atoms with van der Waals surface area (Å²) in [6.07, 6.45) is 0. The van der Waals surface area contributed by atoms with E-state index in [-0.39, 0.29) is 5.91 Å². The molecule has 0 spiro atoms. The molecule has 1 saturated heterocycles. The number of thiazole rings is 1.